The van der Waals surface area contributed by atoms with Crippen molar-refractivity contribution in [3.05, 3.63) is 0 Å². The summed E-state index contributed by atoms with van der Waals surface area (Å²) in [6, 6.07) is 0. The predicted molar refractivity (Wildman–Crippen MR) is 48.9 cm³/mol. The molecule has 0 rings (SSSR count). The Morgan fingerprint density at radius 3 is 2.27 bits per heavy atom. The second kappa shape index (κ2) is 4.64. The van der Waals surface area contributed by atoms with Crippen molar-refractivity contribution in [3.63, 3.8) is 0 Å². The second-order valence-electron chi connectivity index (χ2n) is 2.36. The molecule has 0 saturated carbocycles. The van der Waals surface area contributed by atoms with Gasteiger partial charge in [0, 0.05) is 7.11 Å². The number of hydrogen-bond donors (Lipinski definition) is 0. The molecular weight excluding hydrogens is 152 g/mol. The Kier molecular flexibility index (Phi) is 4.16. The maximum Gasteiger partial charge on any atom is 0.266 e. The molecule has 2 heteroatoms. The largest absolute Gasteiger partial charge is 0.409 e. The van der Waals surface area contributed by atoms with E-state index in [0.717, 1.165) is 0 Å². The summed E-state index contributed by atoms with van der Waals surface area (Å²) < 4.78 is 5.16. The predicted octanol–water partition coefficient (Wildman–Crippen LogP) is 1.02. The standard InChI is InChI=1S/C9H10OSi/c1-5-6-7-8-9-11(3,4)10-2/h1H,2-4H3. The zero-order valence-electron chi connectivity index (χ0n) is 6.99. The summed E-state index contributed by atoms with van der Waals surface area (Å²) in [5.41, 5.74) is 2.94. The van der Waals surface area contributed by atoms with Crippen molar-refractivity contribution in [2.75, 3.05) is 7.11 Å². The highest BCUT2D eigenvalue weighted by atomic mass is 28.4. The van der Waals surface area contributed by atoms with Gasteiger partial charge in [0.2, 0.25) is 0 Å². The molecule has 0 aromatic heterocycles. The van der Waals surface area contributed by atoms with Crippen LogP contribution in [-0.2, 0) is 4.43 Å². The van der Waals surface area contributed by atoms with Crippen molar-refractivity contribution in [3.8, 4) is 35.6 Å². The molecule has 11 heavy (non-hydrogen) atoms. The van der Waals surface area contributed by atoms with Gasteiger partial charge in [0.25, 0.3) is 8.32 Å². The fraction of sp³-hybridized carbons (Fsp3) is 0.333. The van der Waals surface area contributed by atoms with Crippen LogP contribution in [0.4, 0.5) is 0 Å². The molecule has 56 valence electrons. The molecule has 0 aliphatic heterocycles. The Morgan fingerprint density at radius 2 is 1.82 bits per heavy atom. The Bertz CT molecular complexity index is 275. The van der Waals surface area contributed by atoms with Crippen LogP contribution in [0.5, 0.6) is 0 Å². The molecule has 0 amide bonds. The van der Waals surface area contributed by atoms with Crippen LogP contribution < -0.4 is 0 Å². The molecule has 0 saturated heterocycles. The van der Waals surface area contributed by atoms with E-state index in [4.69, 9.17) is 10.8 Å². The van der Waals surface area contributed by atoms with Gasteiger partial charge in [0.15, 0.2) is 0 Å². The van der Waals surface area contributed by atoms with Crippen LogP contribution in [0, 0.1) is 35.6 Å². The fourth-order valence-corrected chi connectivity index (χ4v) is 0.766. The van der Waals surface area contributed by atoms with Crippen LogP contribution in [0.1, 0.15) is 0 Å². The second-order valence-corrected chi connectivity index (χ2v) is 6.04. The minimum absolute atomic E-state index is 1.66. The minimum Gasteiger partial charge on any atom is -0.409 e. The lowest BCUT2D eigenvalue weighted by Gasteiger charge is -2.09. The van der Waals surface area contributed by atoms with Gasteiger partial charge in [0.1, 0.15) is 0 Å². The summed E-state index contributed by atoms with van der Waals surface area (Å²) >= 11 is 0. The van der Waals surface area contributed by atoms with E-state index < -0.39 is 8.32 Å². The lowest BCUT2D eigenvalue weighted by Crippen LogP contribution is -2.26. The molecule has 0 aliphatic carbocycles. The summed E-state index contributed by atoms with van der Waals surface area (Å²) in [4.78, 5) is 0. The Hall–Kier alpha value is -1.14. The van der Waals surface area contributed by atoms with E-state index in [1.54, 1.807) is 7.11 Å². The summed E-state index contributed by atoms with van der Waals surface area (Å²) in [6.07, 6.45) is 4.90. The van der Waals surface area contributed by atoms with Gasteiger partial charge in [-0.3, -0.25) is 0 Å². The van der Waals surface area contributed by atoms with Gasteiger partial charge in [0.05, 0.1) is 0 Å². The number of terminal acetylenes is 1. The maximum atomic E-state index is 5.16. The maximum absolute atomic E-state index is 5.16. The third-order valence-corrected chi connectivity index (χ3v) is 2.82. The summed E-state index contributed by atoms with van der Waals surface area (Å²) in [7, 11) is -0.0973. The van der Waals surface area contributed by atoms with Crippen molar-refractivity contribution in [1.29, 1.82) is 0 Å². The number of hydrogen-bond acceptors (Lipinski definition) is 1. The topological polar surface area (TPSA) is 9.23 Å². The highest BCUT2D eigenvalue weighted by Gasteiger charge is 2.15. The first kappa shape index (κ1) is 9.86. The molecular formula is C9H10OSi. The average Bonchev–Trinajstić information content (AvgIpc) is 1.99. The zero-order chi connectivity index (χ0) is 8.74. The van der Waals surface area contributed by atoms with Gasteiger partial charge in [-0.05, 0) is 36.8 Å². The van der Waals surface area contributed by atoms with Crippen molar-refractivity contribution >= 4 is 8.32 Å². The monoisotopic (exact) mass is 162 g/mol. The van der Waals surface area contributed by atoms with Gasteiger partial charge < -0.3 is 4.43 Å². The SMILES string of the molecule is C#CC#CC#C[Si](C)(C)OC. The molecule has 1 nitrogen and oxygen atoms in total. The molecule has 0 fully saturated rings. The van der Waals surface area contributed by atoms with Gasteiger partial charge >= 0.3 is 0 Å². The molecule has 0 aliphatic rings. The molecule has 0 heterocycles. The van der Waals surface area contributed by atoms with E-state index in [-0.39, 0.29) is 0 Å². The van der Waals surface area contributed by atoms with Crippen LogP contribution in [0.3, 0.4) is 0 Å². The van der Waals surface area contributed by atoms with Crippen LogP contribution >= 0.6 is 0 Å². The normalized spacial score (nSPS) is 8.18. The third kappa shape index (κ3) is 5.31. The molecule has 0 N–H and O–H groups in total. The molecule has 0 atom stereocenters. The highest BCUT2D eigenvalue weighted by Crippen LogP contribution is 1.97. The summed E-state index contributed by atoms with van der Waals surface area (Å²) in [6.45, 7) is 4.00. The van der Waals surface area contributed by atoms with Crippen molar-refractivity contribution in [2.24, 2.45) is 0 Å². The Balaban J connectivity index is 4.20. The van der Waals surface area contributed by atoms with E-state index >= 15 is 0 Å². The minimum atomic E-state index is -1.76. The highest BCUT2D eigenvalue weighted by molar-refractivity contribution is 6.79. The molecule has 0 aromatic rings. The smallest absolute Gasteiger partial charge is 0.266 e. The third-order valence-electron chi connectivity index (χ3n) is 1.07. The van der Waals surface area contributed by atoms with Crippen LogP contribution in [0.25, 0.3) is 0 Å². The van der Waals surface area contributed by atoms with E-state index in [2.05, 4.69) is 29.2 Å². The van der Waals surface area contributed by atoms with E-state index in [1.165, 1.54) is 0 Å². The molecule has 0 radical (unpaired) electrons. The Morgan fingerprint density at radius 1 is 1.18 bits per heavy atom. The first-order chi connectivity index (χ1) is 5.12. The van der Waals surface area contributed by atoms with Crippen molar-refractivity contribution in [2.45, 2.75) is 13.1 Å². The quantitative estimate of drug-likeness (QED) is 0.413. The van der Waals surface area contributed by atoms with E-state index in [1.807, 2.05) is 13.1 Å². The average molecular weight is 162 g/mol. The lowest BCUT2D eigenvalue weighted by molar-refractivity contribution is 0.417. The van der Waals surface area contributed by atoms with E-state index in [0.29, 0.717) is 0 Å². The zero-order valence-corrected chi connectivity index (χ0v) is 7.99. The van der Waals surface area contributed by atoms with Gasteiger partial charge in [-0.25, -0.2) is 0 Å². The first-order valence-corrected chi connectivity index (χ1v) is 6.06. The van der Waals surface area contributed by atoms with Crippen LogP contribution in [0.2, 0.25) is 13.1 Å². The van der Waals surface area contributed by atoms with Crippen molar-refractivity contribution < 1.29 is 4.43 Å². The number of rotatable bonds is 1. The Labute approximate surface area is 69.3 Å². The molecule has 0 spiro atoms. The van der Waals surface area contributed by atoms with Gasteiger partial charge in [-0.15, -0.1) is 6.42 Å². The van der Waals surface area contributed by atoms with Gasteiger partial charge in [-0.2, -0.15) is 0 Å². The lowest BCUT2D eigenvalue weighted by atomic mass is 10.6. The van der Waals surface area contributed by atoms with E-state index in [9.17, 15) is 0 Å². The molecule has 0 unspecified atom stereocenters. The summed E-state index contributed by atoms with van der Waals surface area (Å²) in [5.74, 6) is 9.79. The first-order valence-electron chi connectivity index (χ1n) is 3.15. The molecule has 0 aromatic carbocycles. The molecule has 0 bridgehead atoms. The fourth-order valence-electron chi connectivity index (χ4n) is 0.300. The van der Waals surface area contributed by atoms with Gasteiger partial charge in [-0.1, -0.05) is 5.54 Å². The van der Waals surface area contributed by atoms with Crippen LogP contribution in [0.15, 0.2) is 0 Å². The van der Waals surface area contributed by atoms with Crippen LogP contribution in [-0.4, -0.2) is 15.4 Å². The summed E-state index contributed by atoms with van der Waals surface area (Å²) in [5, 5.41) is 0. The van der Waals surface area contributed by atoms with Crippen molar-refractivity contribution in [1.82, 2.24) is 0 Å².